The quantitative estimate of drug-likeness (QED) is 0.545. The molecule has 28 heavy (non-hydrogen) atoms. The largest absolute Gasteiger partial charge is 0.366 e. The van der Waals surface area contributed by atoms with Crippen molar-refractivity contribution in [2.24, 2.45) is 5.73 Å². The predicted molar refractivity (Wildman–Crippen MR) is 109 cm³/mol. The number of rotatable bonds is 4. The summed E-state index contributed by atoms with van der Waals surface area (Å²) in [4.78, 5) is 19.2. The Hall–Kier alpha value is -3.47. The summed E-state index contributed by atoms with van der Waals surface area (Å²) in [5.74, 6) is -0.715. The Balaban J connectivity index is 1.71. The average molecular weight is 373 g/mol. The number of hydrogen-bond donors (Lipinski definition) is 2. The van der Waals surface area contributed by atoms with Crippen molar-refractivity contribution >= 4 is 16.8 Å². The van der Waals surface area contributed by atoms with E-state index in [1.165, 1.54) is 6.07 Å². The number of aromatic amines is 1. The summed E-state index contributed by atoms with van der Waals surface area (Å²) in [7, 11) is 0. The molecule has 0 unspecified atom stereocenters. The minimum absolute atomic E-state index is 0.244. The molecular weight excluding hydrogens is 353 g/mol. The number of nitrogens with one attached hydrogen (secondary N) is 1. The Bertz CT molecular complexity index is 1210. The van der Waals surface area contributed by atoms with Crippen molar-refractivity contribution in [1.82, 2.24) is 9.97 Å². The summed E-state index contributed by atoms with van der Waals surface area (Å²) < 4.78 is 14.2. The Labute approximate surface area is 162 Å². The second kappa shape index (κ2) is 6.93. The van der Waals surface area contributed by atoms with Crippen LogP contribution in [0, 0.1) is 19.7 Å². The van der Waals surface area contributed by atoms with Gasteiger partial charge >= 0.3 is 0 Å². The van der Waals surface area contributed by atoms with Crippen LogP contribution in [-0.2, 0) is 6.42 Å². The number of hydrogen-bond acceptors (Lipinski definition) is 2. The van der Waals surface area contributed by atoms with Crippen LogP contribution in [-0.4, -0.2) is 15.9 Å². The molecule has 2 heterocycles. The molecule has 2 aromatic carbocycles. The Morgan fingerprint density at radius 2 is 1.89 bits per heavy atom. The molecule has 0 spiro atoms. The lowest BCUT2D eigenvalue weighted by atomic mass is 10.0. The minimum Gasteiger partial charge on any atom is -0.366 e. The lowest BCUT2D eigenvalue weighted by Gasteiger charge is -2.06. The molecular formula is C23H20FN3O. The molecule has 0 aliphatic heterocycles. The third-order valence-corrected chi connectivity index (χ3v) is 5.06. The summed E-state index contributed by atoms with van der Waals surface area (Å²) in [6, 6.07) is 16.4. The van der Waals surface area contributed by atoms with E-state index in [1.807, 2.05) is 31.2 Å². The number of pyridine rings is 1. The third-order valence-electron chi connectivity index (χ3n) is 5.06. The molecule has 0 fully saturated rings. The number of fused-ring (bicyclic) bond motifs is 1. The van der Waals surface area contributed by atoms with E-state index in [0.29, 0.717) is 23.2 Å². The highest BCUT2D eigenvalue weighted by atomic mass is 19.1. The van der Waals surface area contributed by atoms with Crippen molar-refractivity contribution in [3.05, 3.63) is 88.5 Å². The van der Waals surface area contributed by atoms with E-state index >= 15 is 0 Å². The number of carbonyl (C=O) groups excluding carboxylic acids is 1. The van der Waals surface area contributed by atoms with Crippen molar-refractivity contribution < 1.29 is 9.18 Å². The van der Waals surface area contributed by atoms with Gasteiger partial charge in [-0.1, -0.05) is 18.2 Å². The lowest BCUT2D eigenvalue weighted by molar-refractivity contribution is 0.0999. The molecule has 5 heteroatoms. The van der Waals surface area contributed by atoms with Crippen molar-refractivity contribution in [3.63, 3.8) is 0 Å². The number of benzene rings is 2. The van der Waals surface area contributed by atoms with Gasteiger partial charge in [-0.2, -0.15) is 0 Å². The van der Waals surface area contributed by atoms with Gasteiger partial charge in [0.1, 0.15) is 5.82 Å². The summed E-state index contributed by atoms with van der Waals surface area (Å²) in [5, 5.41) is 1.06. The van der Waals surface area contributed by atoms with E-state index in [0.717, 1.165) is 33.4 Å². The van der Waals surface area contributed by atoms with Gasteiger partial charge in [-0.25, -0.2) is 4.39 Å². The number of aromatic nitrogens is 2. The van der Waals surface area contributed by atoms with E-state index < -0.39 is 5.91 Å². The molecule has 3 N–H and O–H groups in total. The van der Waals surface area contributed by atoms with Gasteiger partial charge in [0.25, 0.3) is 5.91 Å². The zero-order valence-corrected chi connectivity index (χ0v) is 15.7. The van der Waals surface area contributed by atoms with Crippen LogP contribution in [0.5, 0.6) is 0 Å². The van der Waals surface area contributed by atoms with Gasteiger partial charge in [0, 0.05) is 28.6 Å². The fourth-order valence-electron chi connectivity index (χ4n) is 3.60. The van der Waals surface area contributed by atoms with Crippen LogP contribution in [0.4, 0.5) is 4.39 Å². The zero-order chi connectivity index (χ0) is 19.8. The number of nitrogens with two attached hydrogens (primary N) is 1. The van der Waals surface area contributed by atoms with Gasteiger partial charge in [0.05, 0.1) is 17.0 Å². The molecule has 0 aliphatic carbocycles. The van der Waals surface area contributed by atoms with Crippen LogP contribution in [0.3, 0.4) is 0 Å². The normalized spacial score (nSPS) is 11.1. The summed E-state index contributed by atoms with van der Waals surface area (Å²) >= 11 is 0. The number of H-pyrrole nitrogens is 1. The zero-order valence-electron chi connectivity index (χ0n) is 15.7. The van der Waals surface area contributed by atoms with Crippen LogP contribution in [0.25, 0.3) is 22.2 Å². The average Bonchev–Trinajstić information content (AvgIpc) is 2.98. The lowest BCUT2D eigenvalue weighted by Crippen LogP contribution is -2.14. The Morgan fingerprint density at radius 1 is 1.11 bits per heavy atom. The second-order valence-electron chi connectivity index (χ2n) is 6.96. The van der Waals surface area contributed by atoms with E-state index in [1.54, 1.807) is 25.1 Å². The Morgan fingerprint density at radius 3 is 2.61 bits per heavy atom. The molecule has 4 rings (SSSR count). The Kier molecular flexibility index (Phi) is 4.43. The minimum atomic E-state index is -0.471. The molecule has 1 amide bonds. The SMILES string of the molecule is Cc1nc(Cc2ccc3[nH]c(-c4ccccc4F)c(C)c3c2)ccc1C(N)=O. The standard InChI is InChI=1S/C23H20FN3O/c1-13-19-12-15(11-16-8-9-17(23(25)28)14(2)26-16)7-10-21(19)27-22(13)18-5-3-4-6-20(18)24/h3-10,12,27H,11H2,1-2H3,(H2,25,28). The van der Waals surface area contributed by atoms with E-state index in [9.17, 15) is 9.18 Å². The number of aryl methyl sites for hydroxylation is 2. The molecule has 0 aliphatic rings. The van der Waals surface area contributed by atoms with Crippen molar-refractivity contribution in [3.8, 4) is 11.3 Å². The summed E-state index contributed by atoms with van der Waals surface area (Å²) in [6.07, 6.45) is 0.634. The van der Waals surface area contributed by atoms with Crippen LogP contribution >= 0.6 is 0 Å². The highest BCUT2D eigenvalue weighted by Crippen LogP contribution is 2.32. The van der Waals surface area contributed by atoms with E-state index in [2.05, 4.69) is 16.0 Å². The monoisotopic (exact) mass is 373 g/mol. The third kappa shape index (κ3) is 3.16. The smallest absolute Gasteiger partial charge is 0.250 e. The number of carbonyl (C=O) groups is 1. The van der Waals surface area contributed by atoms with Gasteiger partial charge in [-0.3, -0.25) is 9.78 Å². The second-order valence-corrected chi connectivity index (χ2v) is 6.96. The van der Waals surface area contributed by atoms with Crippen LogP contribution in [0.15, 0.2) is 54.6 Å². The van der Waals surface area contributed by atoms with Crippen molar-refractivity contribution in [2.75, 3.05) is 0 Å². The van der Waals surface area contributed by atoms with Gasteiger partial charge in [0.15, 0.2) is 0 Å². The maximum Gasteiger partial charge on any atom is 0.250 e. The fraction of sp³-hybridized carbons (Fsp3) is 0.130. The molecule has 4 nitrogen and oxygen atoms in total. The number of amides is 1. The number of primary amides is 1. The molecule has 0 bridgehead atoms. The maximum absolute atomic E-state index is 14.2. The van der Waals surface area contributed by atoms with Crippen molar-refractivity contribution in [2.45, 2.75) is 20.3 Å². The van der Waals surface area contributed by atoms with Gasteiger partial charge < -0.3 is 10.7 Å². The van der Waals surface area contributed by atoms with Gasteiger partial charge in [0.2, 0.25) is 0 Å². The first-order valence-corrected chi connectivity index (χ1v) is 9.06. The van der Waals surface area contributed by atoms with Crippen LogP contribution < -0.4 is 5.73 Å². The summed E-state index contributed by atoms with van der Waals surface area (Å²) in [6.45, 7) is 3.78. The molecule has 2 aromatic heterocycles. The van der Waals surface area contributed by atoms with E-state index in [-0.39, 0.29) is 5.82 Å². The fourth-order valence-corrected chi connectivity index (χ4v) is 3.60. The first kappa shape index (κ1) is 17.9. The molecule has 4 aromatic rings. The topological polar surface area (TPSA) is 71.8 Å². The van der Waals surface area contributed by atoms with Gasteiger partial charge in [-0.15, -0.1) is 0 Å². The number of nitrogens with zero attached hydrogens (tertiary/aromatic N) is 1. The number of halogens is 1. The molecule has 0 atom stereocenters. The first-order valence-electron chi connectivity index (χ1n) is 9.06. The highest BCUT2D eigenvalue weighted by Gasteiger charge is 2.14. The van der Waals surface area contributed by atoms with Crippen LogP contribution in [0.2, 0.25) is 0 Å². The maximum atomic E-state index is 14.2. The van der Waals surface area contributed by atoms with E-state index in [4.69, 9.17) is 5.73 Å². The highest BCUT2D eigenvalue weighted by molar-refractivity contribution is 5.94. The molecule has 0 saturated carbocycles. The first-order chi connectivity index (χ1) is 13.4. The molecule has 140 valence electrons. The predicted octanol–water partition coefficient (Wildman–Crippen LogP) is 4.68. The molecule has 0 radical (unpaired) electrons. The molecule has 0 saturated heterocycles. The van der Waals surface area contributed by atoms with Crippen molar-refractivity contribution in [1.29, 1.82) is 0 Å². The van der Waals surface area contributed by atoms with Gasteiger partial charge in [-0.05, 0) is 61.4 Å². The summed E-state index contributed by atoms with van der Waals surface area (Å²) in [5.41, 5.74) is 11.7. The van der Waals surface area contributed by atoms with Crippen LogP contribution in [0.1, 0.15) is 32.9 Å².